The van der Waals surface area contributed by atoms with E-state index in [9.17, 15) is 4.79 Å². The molecule has 3 aromatic heterocycles. The molecule has 5 heterocycles. The lowest BCUT2D eigenvalue weighted by atomic mass is 9.82. The van der Waals surface area contributed by atoms with Crippen LogP contribution < -0.4 is 10.2 Å². The lowest BCUT2D eigenvalue weighted by Crippen LogP contribution is -2.52. The van der Waals surface area contributed by atoms with Crippen molar-refractivity contribution >= 4 is 28.4 Å². The van der Waals surface area contributed by atoms with Gasteiger partial charge >= 0.3 is 6.03 Å². The van der Waals surface area contributed by atoms with Crippen LogP contribution in [0.3, 0.4) is 0 Å². The number of hydrogen-bond acceptors (Lipinski definition) is 6. The number of H-pyrrole nitrogens is 1. The SMILES string of the molecule is COC1CN(c2nn(CC3(F)CCC3)c3cc(-c4[nH]ncc4NC(=O)N4CCCCC45CC5)ncc23)C1. The molecule has 11 heteroatoms. The largest absolute Gasteiger partial charge is 0.378 e. The van der Waals surface area contributed by atoms with Crippen LogP contribution in [0, 0.1) is 0 Å². The number of piperidine rings is 1. The Kier molecular flexibility index (Phi) is 5.21. The number of aromatic amines is 1. The number of aromatic nitrogens is 5. The summed E-state index contributed by atoms with van der Waals surface area (Å²) >= 11 is 0. The summed E-state index contributed by atoms with van der Waals surface area (Å²) < 4.78 is 22.4. The van der Waals surface area contributed by atoms with E-state index >= 15 is 4.39 Å². The minimum absolute atomic E-state index is 0.0504. The molecule has 0 radical (unpaired) electrons. The maximum absolute atomic E-state index is 15.2. The number of carbonyl (C=O) groups is 1. The maximum Gasteiger partial charge on any atom is 0.322 e. The van der Waals surface area contributed by atoms with Gasteiger partial charge in [-0.2, -0.15) is 10.2 Å². The van der Waals surface area contributed by atoms with Gasteiger partial charge in [0.15, 0.2) is 5.82 Å². The molecule has 7 rings (SSSR count). The van der Waals surface area contributed by atoms with Crippen molar-refractivity contribution in [3.8, 4) is 11.4 Å². The number of anilines is 2. The molecule has 0 bridgehead atoms. The van der Waals surface area contributed by atoms with Crippen LogP contribution in [0.2, 0.25) is 0 Å². The average Bonchev–Trinajstić information content (AvgIpc) is 3.30. The number of hydrogen-bond donors (Lipinski definition) is 2. The van der Waals surface area contributed by atoms with Gasteiger partial charge in [0.05, 0.1) is 41.1 Å². The third-order valence-corrected chi connectivity index (χ3v) is 8.84. The van der Waals surface area contributed by atoms with Crippen LogP contribution >= 0.6 is 0 Å². The summed E-state index contributed by atoms with van der Waals surface area (Å²) in [5.41, 5.74) is 1.51. The molecule has 2 N–H and O–H groups in total. The first-order chi connectivity index (χ1) is 18.0. The highest BCUT2D eigenvalue weighted by Gasteiger charge is 2.51. The number of ether oxygens (including phenoxy) is 1. The molecule has 0 atom stereocenters. The standard InChI is InChI=1S/C26H33FN8O2/c1-37-17-14-33(15-17)23-18-12-28-19(11-21(18)35(32-23)16-25(27)5-4-6-25)22-20(13-29-31-22)30-24(36)34-10-3-2-7-26(34)8-9-26/h11-13,17H,2-10,14-16H2,1H3,(H,29,31)(H,30,36). The molecule has 3 aromatic rings. The highest BCUT2D eigenvalue weighted by Crippen LogP contribution is 2.48. The van der Waals surface area contributed by atoms with Crippen molar-refractivity contribution in [1.29, 1.82) is 0 Å². The van der Waals surface area contributed by atoms with Crippen LogP contribution in [-0.2, 0) is 11.3 Å². The zero-order valence-electron chi connectivity index (χ0n) is 21.2. The minimum Gasteiger partial charge on any atom is -0.378 e. The van der Waals surface area contributed by atoms with Crippen LogP contribution in [0.1, 0.15) is 51.4 Å². The Balaban J connectivity index is 1.20. The van der Waals surface area contributed by atoms with Crippen LogP contribution in [0.25, 0.3) is 22.3 Å². The first kappa shape index (κ1) is 22.9. The number of methoxy groups -OCH3 is 1. The molecule has 2 amide bonds. The summed E-state index contributed by atoms with van der Waals surface area (Å²) in [5.74, 6) is 0.809. The van der Waals surface area contributed by atoms with Crippen LogP contribution in [0.15, 0.2) is 18.5 Å². The van der Waals surface area contributed by atoms with E-state index in [0.29, 0.717) is 29.9 Å². The quantitative estimate of drug-likeness (QED) is 0.520. The molecule has 2 saturated heterocycles. The molecule has 4 fully saturated rings. The fraction of sp³-hybridized carbons (Fsp3) is 0.615. The van der Waals surface area contributed by atoms with Gasteiger partial charge in [-0.3, -0.25) is 14.8 Å². The number of rotatable bonds is 6. The van der Waals surface area contributed by atoms with E-state index in [1.807, 2.05) is 11.0 Å². The Bertz CT molecular complexity index is 1340. The fourth-order valence-corrected chi connectivity index (χ4v) is 6.13. The second kappa shape index (κ2) is 8.41. The number of pyridine rings is 1. The fourth-order valence-electron chi connectivity index (χ4n) is 6.13. The molecule has 4 aliphatic rings. The number of nitrogens with one attached hydrogen (secondary N) is 2. The van der Waals surface area contributed by atoms with E-state index in [0.717, 1.165) is 68.5 Å². The Hall–Kier alpha value is -3.21. The van der Waals surface area contributed by atoms with Crippen molar-refractivity contribution in [3.63, 3.8) is 0 Å². The second-order valence-corrected chi connectivity index (χ2v) is 11.3. The predicted molar refractivity (Wildman–Crippen MR) is 137 cm³/mol. The van der Waals surface area contributed by atoms with Gasteiger partial charge in [0, 0.05) is 38.5 Å². The number of nitrogens with zero attached hydrogens (tertiary/aromatic N) is 6. The maximum atomic E-state index is 15.2. The van der Waals surface area contributed by atoms with E-state index in [2.05, 4.69) is 20.4 Å². The molecule has 2 aliphatic heterocycles. The normalized spacial score (nSPS) is 22.2. The highest BCUT2D eigenvalue weighted by atomic mass is 19.1. The Morgan fingerprint density at radius 1 is 1.19 bits per heavy atom. The summed E-state index contributed by atoms with van der Waals surface area (Å²) in [4.78, 5) is 22.1. The molecule has 1 spiro atoms. The molecular weight excluding hydrogens is 475 g/mol. The van der Waals surface area contributed by atoms with E-state index in [1.54, 1.807) is 24.2 Å². The average molecular weight is 509 g/mol. The Labute approximate surface area is 214 Å². The first-order valence-corrected chi connectivity index (χ1v) is 13.4. The Morgan fingerprint density at radius 3 is 2.76 bits per heavy atom. The van der Waals surface area contributed by atoms with E-state index in [-0.39, 0.29) is 24.2 Å². The zero-order chi connectivity index (χ0) is 25.2. The van der Waals surface area contributed by atoms with E-state index < -0.39 is 5.67 Å². The molecule has 10 nitrogen and oxygen atoms in total. The van der Waals surface area contributed by atoms with Crippen molar-refractivity contribution < 1.29 is 13.9 Å². The topological polar surface area (TPSA) is 104 Å². The van der Waals surface area contributed by atoms with Crippen molar-refractivity contribution in [1.82, 2.24) is 29.9 Å². The highest BCUT2D eigenvalue weighted by molar-refractivity contribution is 5.96. The van der Waals surface area contributed by atoms with Crippen molar-refractivity contribution in [2.45, 2.75) is 75.2 Å². The minimum atomic E-state index is -1.22. The monoisotopic (exact) mass is 508 g/mol. The summed E-state index contributed by atoms with van der Waals surface area (Å²) in [7, 11) is 1.71. The van der Waals surface area contributed by atoms with Crippen molar-refractivity contribution in [2.24, 2.45) is 0 Å². The number of alkyl halides is 1. The molecule has 37 heavy (non-hydrogen) atoms. The number of fused-ring (bicyclic) bond motifs is 1. The third-order valence-electron chi connectivity index (χ3n) is 8.84. The van der Waals surface area contributed by atoms with E-state index in [4.69, 9.17) is 14.8 Å². The third kappa shape index (κ3) is 3.86. The van der Waals surface area contributed by atoms with E-state index in [1.165, 1.54) is 6.42 Å². The lowest BCUT2D eigenvalue weighted by molar-refractivity contribution is 0.0417. The zero-order valence-corrected chi connectivity index (χ0v) is 21.2. The smallest absolute Gasteiger partial charge is 0.322 e. The summed E-state index contributed by atoms with van der Waals surface area (Å²) in [6.07, 6.45) is 11.1. The van der Waals surface area contributed by atoms with Crippen LogP contribution in [-0.4, -0.2) is 79.9 Å². The summed E-state index contributed by atoms with van der Waals surface area (Å²) in [6.45, 7) is 2.51. The molecular formula is C26H33FN8O2. The van der Waals surface area contributed by atoms with Crippen molar-refractivity contribution in [2.75, 3.05) is 37.0 Å². The van der Waals surface area contributed by atoms with Crippen molar-refractivity contribution in [3.05, 3.63) is 18.5 Å². The van der Waals surface area contributed by atoms with Crippen LogP contribution in [0.4, 0.5) is 20.7 Å². The van der Waals surface area contributed by atoms with Gasteiger partial charge in [-0.15, -0.1) is 0 Å². The molecule has 2 saturated carbocycles. The molecule has 196 valence electrons. The summed E-state index contributed by atoms with van der Waals surface area (Å²) in [6, 6.07) is 1.84. The van der Waals surface area contributed by atoms with Gasteiger partial charge in [-0.05, 0) is 57.4 Å². The molecule has 2 aliphatic carbocycles. The van der Waals surface area contributed by atoms with Gasteiger partial charge in [-0.25, -0.2) is 9.18 Å². The lowest BCUT2D eigenvalue weighted by Gasteiger charge is -2.38. The van der Waals surface area contributed by atoms with Gasteiger partial charge in [0.25, 0.3) is 0 Å². The van der Waals surface area contributed by atoms with Gasteiger partial charge in [-0.1, -0.05) is 0 Å². The predicted octanol–water partition coefficient (Wildman–Crippen LogP) is 4.10. The number of halogens is 1. The summed E-state index contributed by atoms with van der Waals surface area (Å²) in [5, 5.41) is 16.0. The molecule has 0 aromatic carbocycles. The second-order valence-electron chi connectivity index (χ2n) is 11.3. The van der Waals surface area contributed by atoms with Gasteiger partial charge in [0.2, 0.25) is 0 Å². The number of likely N-dealkylation sites (tertiary alicyclic amines) is 1. The van der Waals surface area contributed by atoms with Gasteiger partial charge < -0.3 is 19.9 Å². The number of amides is 2. The van der Waals surface area contributed by atoms with Gasteiger partial charge in [0.1, 0.15) is 11.4 Å². The number of urea groups is 1. The first-order valence-electron chi connectivity index (χ1n) is 13.4. The van der Waals surface area contributed by atoms with Crippen LogP contribution in [0.5, 0.6) is 0 Å². The Morgan fingerprint density at radius 2 is 2.03 bits per heavy atom. The molecule has 0 unspecified atom stereocenters. The number of carbonyl (C=O) groups excluding carboxylic acids is 1.